The lowest BCUT2D eigenvalue weighted by Crippen LogP contribution is -2.31. The van der Waals surface area contributed by atoms with Crippen LogP contribution in [0.3, 0.4) is 0 Å². The monoisotopic (exact) mass is 371 g/mol. The first kappa shape index (κ1) is 17.6. The van der Waals surface area contributed by atoms with Gasteiger partial charge in [0.05, 0.1) is 16.7 Å². The molecule has 0 saturated carbocycles. The van der Waals surface area contributed by atoms with Crippen molar-refractivity contribution >= 4 is 23.4 Å². The van der Waals surface area contributed by atoms with E-state index in [0.717, 1.165) is 5.56 Å². The van der Waals surface area contributed by atoms with Crippen LogP contribution in [0.1, 0.15) is 36.6 Å². The number of carbonyl (C=O) groups excluding carboxylic acids is 3. The Labute approximate surface area is 161 Å². The number of nitrogens with zero attached hydrogens (tertiary/aromatic N) is 2. The minimum Gasteiger partial charge on any atom is -0.322 e. The molecule has 6 nitrogen and oxygen atoms in total. The summed E-state index contributed by atoms with van der Waals surface area (Å²) >= 11 is 0. The van der Waals surface area contributed by atoms with Gasteiger partial charge in [-0.15, -0.1) is 0 Å². The molecular formula is C22H17N3O3. The first-order valence-corrected chi connectivity index (χ1v) is 8.89. The molecular weight excluding hydrogens is 354 g/mol. The fraction of sp³-hybridized carbons (Fsp3) is 0.0909. The van der Waals surface area contributed by atoms with Crippen molar-refractivity contribution in [3.8, 4) is 0 Å². The minimum absolute atomic E-state index is 0.230. The number of rotatable bonds is 5. The summed E-state index contributed by atoms with van der Waals surface area (Å²) in [4.78, 5) is 42.1. The lowest BCUT2D eigenvalue weighted by molar-refractivity contribution is 0.0656. The SMILES string of the molecule is O=C(Nc1ccc(CCN2C(=O)c3ccccc3C2=O)cc1)c1cccnc1. The Balaban J connectivity index is 1.37. The van der Waals surface area contributed by atoms with Crippen molar-refractivity contribution in [2.45, 2.75) is 6.42 Å². The van der Waals surface area contributed by atoms with E-state index in [9.17, 15) is 14.4 Å². The molecule has 3 amide bonds. The average molecular weight is 371 g/mol. The summed E-state index contributed by atoms with van der Waals surface area (Å²) in [5.74, 6) is -0.728. The smallest absolute Gasteiger partial charge is 0.261 e. The molecule has 6 heteroatoms. The fourth-order valence-electron chi connectivity index (χ4n) is 3.14. The standard InChI is InChI=1S/C22H17N3O3/c26-20(16-4-3-12-23-14-16)24-17-9-7-15(8-10-17)11-13-25-21(27)18-5-1-2-6-19(18)22(25)28/h1-10,12,14H,11,13H2,(H,24,26). The van der Waals surface area contributed by atoms with E-state index in [-0.39, 0.29) is 17.7 Å². The number of nitrogens with one attached hydrogen (secondary N) is 1. The Bertz CT molecular complexity index is 1010. The van der Waals surface area contributed by atoms with Gasteiger partial charge in [-0.1, -0.05) is 24.3 Å². The maximum Gasteiger partial charge on any atom is 0.261 e. The number of benzene rings is 2. The van der Waals surface area contributed by atoms with E-state index >= 15 is 0 Å². The van der Waals surface area contributed by atoms with Crippen molar-refractivity contribution in [2.75, 3.05) is 11.9 Å². The molecule has 2 aromatic carbocycles. The van der Waals surface area contributed by atoms with Crippen LogP contribution in [0.25, 0.3) is 0 Å². The number of imide groups is 1. The summed E-state index contributed by atoms with van der Waals surface area (Å²) in [6.45, 7) is 0.313. The third kappa shape index (κ3) is 3.40. The zero-order valence-corrected chi connectivity index (χ0v) is 15.0. The first-order chi connectivity index (χ1) is 13.6. The molecule has 1 N–H and O–H groups in total. The van der Waals surface area contributed by atoms with Crippen molar-refractivity contribution < 1.29 is 14.4 Å². The first-order valence-electron chi connectivity index (χ1n) is 8.89. The van der Waals surface area contributed by atoms with E-state index in [1.54, 1.807) is 54.7 Å². The van der Waals surface area contributed by atoms with Crippen molar-refractivity contribution in [3.05, 3.63) is 95.3 Å². The Morgan fingerprint density at radius 2 is 1.57 bits per heavy atom. The second-order valence-corrected chi connectivity index (χ2v) is 6.45. The van der Waals surface area contributed by atoms with Crippen molar-refractivity contribution in [2.24, 2.45) is 0 Å². The predicted octanol–water partition coefficient (Wildman–Crippen LogP) is 3.17. The number of pyridine rings is 1. The maximum absolute atomic E-state index is 12.4. The van der Waals surface area contributed by atoms with Gasteiger partial charge in [0.1, 0.15) is 0 Å². The van der Waals surface area contributed by atoms with E-state index in [2.05, 4.69) is 10.3 Å². The third-order valence-electron chi connectivity index (χ3n) is 4.64. The summed E-state index contributed by atoms with van der Waals surface area (Å²) in [5, 5.41) is 2.81. The quantitative estimate of drug-likeness (QED) is 0.699. The summed E-state index contributed by atoms with van der Waals surface area (Å²) < 4.78 is 0. The molecule has 2 heterocycles. The molecule has 0 atom stereocenters. The van der Waals surface area contributed by atoms with E-state index in [1.807, 2.05) is 12.1 Å². The summed E-state index contributed by atoms with van der Waals surface area (Å²) in [6, 6.07) is 17.6. The van der Waals surface area contributed by atoms with E-state index in [4.69, 9.17) is 0 Å². The van der Waals surface area contributed by atoms with E-state index in [1.165, 1.54) is 11.1 Å². The molecule has 0 saturated heterocycles. The Hall–Kier alpha value is -3.80. The van der Waals surface area contributed by atoms with Crippen LogP contribution in [-0.4, -0.2) is 34.2 Å². The van der Waals surface area contributed by atoms with Crippen molar-refractivity contribution in [1.29, 1.82) is 0 Å². The number of hydrogen-bond donors (Lipinski definition) is 1. The number of amides is 3. The summed E-state index contributed by atoms with van der Waals surface area (Å²) in [5.41, 5.74) is 3.04. The fourth-order valence-corrected chi connectivity index (χ4v) is 3.14. The highest BCUT2D eigenvalue weighted by molar-refractivity contribution is 6.21. The van der Waals surface area contributed by atoms with Gasteiger partial charge in [-0.05, 0) is 48.4 Å². The average Bonchev–Trinajstić information content (AvgIpc) is 2.98. The largest absolute Gasteiger partial charge is 0.322 e. The molecule has 0 bridgehead atoms. The molecule has 1 aliphatic heterocycles. The van der Waals surface area contributed by atoms with Crippen LogP contribution in [-0.2, 0) is 6.42 Å². The van der Waals surface area contributed by atoms with Crippen LogP contribution < -0.4 is 5.32 Å². The van der Waals surface area contributed by atoms with Crippen molar-refractivity contribution in [3.63, 3.8) is 0 Å². The maximum atomic E-state index is 12.4. The van der Waals surface area contributed by atoms with Gasteiger partial charge in [-0.3, -0.25) is 24.3 Å². The third-order valence-corrected chi connectivity index (χ3v) is 4.64. The van der Waals surface area contributed by atoms with Gasteiger partial charge in [0.25, 0.3) is 17.7 Å². The number of hydrogen-bond acceptors (Lipinski definition) is 4. The van der Waals surface area contributed by atoms with Gasteiger partial charge in [0, 0.05) is 24.6 Å². The van der Waals surface area contributed by atoms with E-state index < -0.39 is 0 Å². The second-order valence-electron chi connectivity index (χ2n) is 6.45. The van der Waals surface area contributed by atoms with E-state index in [0.29, 0.717) is 35.3 Å². The molecule has 0 fully saturated rings. The van der Waals surface area contributed by atoms with Crippen LogP contribution in [0.15, 0.2) is 73.1 Å². The van der Waals surface area contributed by atoms with Crippen LogP contribution >= 0.6 is 0 Å². The number of aromatic nitrogens is 1. The molecule has 4 rings (SSSR count). The number of anilines is 1. The lowest BCUT2D eigenvalue weighted by Gasteiger charge is -2.14. The molecule has 0 aliphatic carbocycles. The van der Waals surface area contributed by atoms with Crippen LogP contribution in [0.2, 0.25) is 0 Å². The highest BCUT2D eigenvalue weighted by Crippen LogP contribution is 2.22. The Morgan fingerprint density at radius 3 is 2.18 bits per heavy atom. The Morgan fingerprint density at radius 1 is 0.893 bits per heavy atom. The number of carbonyl (C=O) groups is 3. The van der Waals surface area contributed by atoms with Gasteiger partial charge in [0.2, 0.25) is 0 Å². The molecule has 28 heavy (non-hydrogen) atoms. The highest BCUT2D eigenvalue weighted by atomic mass is 16.2. The van der Waals surface area contributed by atoms with Crippen LogP contribution in [0, 0.1) is 0 Å². The lowest BCUT2D eigenvalue weighted by atomic mass is 10.1. The second kappa shape index (κ2) is 7.44. The molecule has 1 aliphatic rings. The van der Waals surface area contributed by atoms with Crippen molar-refractivity contribution in [1.82, 2.24) is 9.88 Å². The highest BCUT2D eigenvalue weighted by Gasteiger charge is 2.34. The number of fused-ring (bicyclic) bond motifs is 1. The van der Waals surface area contributed by atoms with Gasteiger partial charge >= 0.3 is 0 Å². The summed E-state index contributed by atoms with van der Waals surface area (Å²) in [6.07, 6.45) is 3.66. The zero-order valence-electron chi connectivity index (χ0n) is 15.0. The van der Waals surface area contributed by atoms with Gasteiger partial charge in [-0.25, -0.2) is 0 Å². The topological polar surface area (TPSA) is 79.4 Å². The van der Waals surface area contributed by atoms with Crippen LogP contribution in [0.4, 0.5) is 5.69 Å². The van der Waals surface area contributed by atoms with Crippen LogP contribution in [0.5, 0.6) is 0 Å². The van der Waals surface area contributed by atoms with Gasteiger partial charge < -0.3 is 5.32 Å². The predicted molar refractivity (Wildman–Crippen MR) is 104 cm³/mol. The molecule has 0 unspecified atom stereocenters. The zero-order chi connectivity index (χ0) is 19.5. The minimum atomic E-state index is -0.249. The van der Waals surface area contributed by atoms with Gasteiger partial charge in [-0.2, -0.15) is 0 Å². The molecule has 138 valence electrons. The Kier molecular flexibility index (Phi) is 4.68. The van der Waals surface area contributed by atoms with Gasteiger partial charge in [0.15, 0.2) is 0 Å². The summed E-state index contributed by atoms with van der Waals surface area (Å²) in [7, 11) is 0. The molecule has 1 aromatic heterocycles. The molecule has 3 aromatic rings. The molecule has 0 radical (unpaired) electrons. The normalized spacial score (nSPS) is 12.8. The molecule has 0 spiro atoms.